The van der Waals surface area contributed by atoms with Gasteiger partial charge >= 0.3 is 0 Å². The van der Waals surface area contributed by atoms with E-state index in [-0.39, 0.29) is 5.54 Å². The van der Waals surface area contributed by atoms with E-state index in [1.54, 1.807) is 12.5 Å². The van der Waals surface area contributed by atoms with Gasteiger partial charge in [-0.25, -0.2) is 4.98 Å². The lowest BCUT2D eigenvalue weighted by Crippen LogP contribution is -2.36. The van der Waals surface area contributed by atoms with Crippen molar-refractivity contribution < 1.29 is 0 Å². The maximum Gasteiger partial charge on any atom is 0.203 e. The van der Waals surface area contributed by atoms with Gasteiger partial charge in [0.25, 0.3) is 0 Å². The molecule has 0 bridgehead atoms. The summed E-state index contributed by atoms with van der Waals surface area (Å²) in [7, 11) is 0. The molecular weight excluding hydrogens is 216 g/mol. The SMILES string of the molecule is CCC(C)(CCN)Nc1nccn2cnnc12. The van der Waals surface area contributed by atoms with Crippen LogP contribution in [0.3, 0.4) is 0 Å². The minimum atomic E-state index is -0.0600. The van der Waals surface area contributed by atoms with E-state index in [1.165, 1.54) is 0 Å². The third-order valence-electron chi connectivity index (χ3n) is 3.11. The third-order valence-corrected chi connectivity index (χ3v) is 3.11. The predicted molar refractivity (Wildman–Crippen MR) is 66.8 cm³/mol. The molecule has 1 atom stereocenters. The average Bonchev–Trinajstić information content (AvgIpc) is 2.78. The first-order valence-corrected chi connectivity index (χ1v) is 5.81. The summed E-state index contributed by atoms with van der Waals surface area (Å²) in [6, 6.07) is 0. The zero-order valence-corrected chi connectivity index (χ0v) is 10.2. The first-order valence-electron chi connectivity index (χ1n) is 5.81. The molecule has 0 amide bonds. The van der Waals surface area contributed by atoms with Crippen molar-refractivity contribution in [2.75, 3.05) is 11.9 Å². The van der Waals surface area contributed by atoms with Gasteiger partial charge in [0, 0.05) is 17.9 Å². The summed E-state index contributed by atoms with van der Waals surface area (Å²) in [4.78, 5) is 4.32. The lowest BCUT2D eigenvalue weighted by Gasteiger charge is -2.29. The van der Waals surface area contributed by atoms with Gasteiger partial charge in [-0.3, -0.25) is 4.40 Å². The molecule has 1 unspecified atom stereocenters. The second kappa shape index (κ2) is 4.67. The van der Waals surface area contributed by atoms with Gasteiger partial charge in [0.1, 0.15) is 6.33 Å². The number of rotatable bonds is 5. The van der Waals surface area contributed by atoms with Crippen molar-refractivity contribution in [1.29, 1.82) is 0 Å². The highest BCUT2D eigenvalue weighted by molar-refractivity contribution is 5.62. The van der Waals surface area contributed by atoms with E-state index < -0.39 is 0 Å². The summed E-state index contributed by atoms with van der Waals surface area (Å²) in [6.07, 6.45) is 7.08. The predicted octanol–water partition coefficient (Wildman–Crippen LogP) is 1.05. The number of nitrogens with one attached hydrogen (secondary N) is 1. The van der Waals surface area contributed by atoms with Crippen LogP contribution in [0.4, 0.5) is 5.82 Å². The minimum Gasteiger partial charge on any atom is -0.362 e. The fourth-order valence-corrected chi connectivity index (χ4v) is 1.78. The molecule has 0 aliphatic heterocycles. The average molecular weight is 234 g/mol. The Morgan fingerprint density at radius 2 is 2.35 bits per heavy atom. The first-order chi connectivity index (χ1) is 8.18. The van der Waals surface area contributed by atoms with Crippen LogP contribution in [-0.2, 0) is 0 Å². The smallest absolute Gasteiger partial charge is 0.203 e. The number of hydrogen-bond donors (Lipinski definition) is 2. The Hall–Kier alpha value is -1.69. The molecule has 0 saturated carbocycles. The molecule has 2 heterocycles. The Morgan fingerprint density at radius 3 is 3.06 bits per heavy atom. The molecule has 2 rings (SSSR count). The highest BCUT2D eigenvalue weighted by Gasteiger charge is 2.22. The quantitative estimate of drug-likeness (QED) is 0.808. The van der Waals surface area contributed by atoms with Gasteiger partial charge in [-0.2, -0.15) is 0 Å². The van der Waals surface area contributed by atoms with E-state index in [0.29, 0.717) is 6.54 Å². The summed E-state index contributed by atoms with van der Waals surface area (Å²) in [6.45, 7) is 4.92. The molecule has 0 saturated heterocycles. The number of fused-ring (bicyclic) bond motifs is 1. The van der Waals surface area contributed by atoms with Crippen molar-refractivity contribution in [3.8, 4) is 0 Å². The van der Waals surface area contributed by atoms with Crippen LogP contribution >= 0.6 is 0 Å². The Balaban J connectivity index is 2.31. The van der Waals surface area contributed by atoms with Gasteiger partial charge < -0.3 is 11.1 Å². The number of anilines is 1. The van der Waals surface area contributed by atoms with Crippen molar-refractivity contribution in [3.63, 3.8) is 0 Å². The molecule has 92 valence electrons. The molecule has 6 heteroatoms. The Bertz CT molecular complexity index is 493. The van der Waals surface area contributed by atoms with E-state index >= 15 is 0 Å². The fraction of sp³-hybridized carbons (Fsp3) is 0.545. The number of aromatic nitrogens is 4. The van der Waals surface area contributed by atoms with Gasteiger partial charge in [0.2, 0.25) is 5.65 Å². The summed E-state index contributed by atoms with van der Waals surface area (Å²) in [5.41, 5.74) is 6.32. The van der Waals surface area contributed by atoms with E-state index in [4.69, 9.17) is 5.73 Å². The highest BCUT2D eigenvalue weighted by Crippen LogP contribution is 2.21. The maximum atomic E-state index is 5.64. The number of nitrogens with zero attached hydrogens (tertiary/aromatic N) is 4. The van der Waals surface area contributed by atoms with Gasteiger partial charge in [0.05, 0.1) is 0 Å². The lowest BCUT2D eigenvalue weighted by molar-refractivity contribution is 0.462. The van der Waals surface area contributed by atoms with Crippen LogP contribution in [0.25, 0.3) is 5.65 Å². The molecule has 3 N–H and O–H groups in total. The van der Waals surface area contributed by atoms with Crippen LogP contribution in [-0.4, -0.2) is 31.7 Å². The summed E-state index contributed by atoms with van der Waals surface area (Å²) >= 11 is 0. The Morgan fingerprint density at radius 1 is 1.53 bits per heavy atom. The van der Waals surface area contributed by atoms with Crippen molar-refractivity contribution in [2.24, 2.45) is 5.73 Å². The zero-order valence-electron chi connectivity index (χ0n) is 10.2. The van der Waals surface area contributed by atoms with Gasteiger partial charge in [0.15, 0.2) is 5.82 Å². The molecule has 2 aromatic rings. The Kier molecular flexibility index (Phi) is 3.23. The molecule has 6 nitrogen and oxygen atoms in total. The van der Waals surface area contributed by atoms with Crippen LogP contribution < -0.4 is 11.1 Å². The van der Waals surface area contributed by atoms with Crippen LogP contribution in [0.15, 0.2) is 18.7 Å². The van der Waals surface area contributed by atoms with Crippen molar-refractivity contribution >= 4 is 11.5 Å². The van der Waals surface area contributed by atoms with Crippen LogP contribution in [0.1, 0.15) is 26.7 Å². The molecular formula is C11H18N6. The normalized spacial score (nSPS) is 14.8. The topological polar surface area (TPSA) is 81.1 Å². The summed E-state index contributed by atoms with van der Waals surface area (Å²) in [5, 5.41) is 11.3. The van der Waals surface area contributed by atoms with Crippen LogP contribution in [0, 0.1) is 0 Å². The van der Waals surface area contributed by atoms with Gasteiger partial charge in [-0.15, -0.1) is 10.2 Å². The number of nitrogens with two attached hydrogens (primary N) is 1. The molecule has 0 aromatic carbocycles. The first kappa shape index (κ1) is 11.8. The molecule has 0 spiro atoms. The monoisotopic (exact) mass is 234 g/mol. The van der Waals surface area contributed by atoms with E-state index in [1.807, 2.05) is 10.6 Å². The standard InChI is InChI=1S/C11H18N6/c1-3-11(2,4-5-12)15-9-10-16-14-8-17(10)7-6-13-9/h6-8H,3-5,12H2,1-2H3,(H,13,15). The molecule has 0 aliphatic rings. The fourth-order valence-electron chi connectivity index (χ4n) is 1.78. The zero-order chi connectivity index (χ0) is 12.3. The van der Waals surface area contributed by atoms with E-state index in [9.17, 15) is 0 Å². The second-order valence-corrected chi connectivity index (χ2v) is 4.42. The van der Waals surface area contributed by atoms with Gasteiger partial charge in [-0.1, -0.05) is 6.92 Å². The molecule has 0 fully saturated rings. The van der Waals surface area contributed by atoms with E-state index in [2.05, 4.69) is 34.3 Å². The lowest BCUT2D eigenvalue weighted by atomic mass is 9.94. The molecule has 0 radical (unpaired) electrons. The summed E-state index contributed by atoms with van der Waals surface area (Å²) in [5.74, 6) is 0.753. The largest absolute Gasteiger partial charge is 0.362 e. The molecule has 0 aliphatic carbocycles. The Labute approximate surface area is 100 Å². The second-order valence-electron chi connectivity index (χ2n) is 4.42. The maximum absolute atomic E-state index is 5.64. The van der Waals surface area contributed by atoms with Crippen LogP contribution in [0.2, 0.25) is 0 Å². The van der Waals surface area contributed by atoms with Crippen LogP contribution in [0.5, 0.6) is 0 Å². The van der Waals surface area contributed by atoms with E-state index in [0.717, 1.165) is 24.3 Å². The minimum absolute atomic E-state index is 0.0600. The summed E-state index contributed by atoms with van der Waals surface area (Å²) < 4.78 is 1.84. The molecule has 17 heavy (non-hydrogen) atoms. The van der Waals surface area contributed by atoms with Crippen molar-refractivity contribution in [2.45, 2.75) is 32.2 Å². The number of hydrogen-bond acceptors (Lipinski definition) is 5. The van der Waals surface area contributed by atoms with Gasteiger partial charge in [-0.05, 0) is 26.3 Å². The van der Waals surface area contributed by atoms with Crippen molar-refractivity contribution in [3.05, 3.63) is 18.7 Å². The third kappa shape index (κ3) is 2.36. The van der Waals surface area contributed by atoms with Crippen molar-refractivity contribution in [1.82, 2.24) is 19.6 Å². The molecule has 2 aromatic heterocycles. The highest BCUT2D eigenvalue weighted by atomic mass is 15.3.